The monoisotopic (exact) mass is 284 g/mol. The molecule has 1 saturated heterocycles. The number of hydrogen-bond acceptors (Lipinski definition) is 4. The Morgan fingerprint density at radius 3 is 2.86 bits per heavy atom. The average Bonchev–Trinajstić information content (AvgIpc) is 3.00. The largest absolute Gasteiger partial charge is 0.398 e. The van der Waals surface area contributed by atoms with E-state index in [1.54, 1.807) is 0 Å². The van der Waals surface area contributed by atoms with Crippen LogP contribution in [0.4, 0.5) is 11.4 Å². The number of nitrogens with two attached hydrogens (primary N) is 1. The zero-order chi connectivity index (χ0) is 14.7. The van der Waals surface area contributed by atoms with Crippen molar-refractivity contribution in [3.8, 4) is 0 Å². The predicted molar refractivity (Wildman–Crippen MR) is 89.5 cm³/mol. The van der Waals surface area contributed by atoms with Crippen LogP contribution < -0.4 is 11.1 Å². The Kier molecular flexibility index (Phi) is 4.25. The molecule has 4 heteroatoms. The van der Waals surface area contributed by atoms with Gasteiger partial charge in [0.15, 0.2) is 0 Å². The first-order valence-electron chi connectivity index (χ1n) is 7.82. The fourth-order valence-electron chi connectivity index (χ4n) is 3.12. The van der Waals surface area contributed by atoms with Gasteiger partial charge in [0.25, 0.3) is 0 Å². The van der Waals surface area contributed by atoms with Crippen molar-refractivity contribution in [1.29, 1.82) is 0 Å². The van der Waals surface area contributed by atoms with E-state index in [0.29, 0.717) is 5.92 Å². The van der Waals surface area contributed by atoms with Gasteiger partial charge in [0.2, 0.25) is 0 Å². The van der Waals surface area contributed by atoms with Crippen molar-refractivity contribution in [1.82, 2.24) is 9.88 Å². The quantitative estimate of drug-likeness (QED) is 0.829. The number of nitrogens with zero attached hydrogens (tertiary/aromatic N) is 2. The van der Waals surface area contributed by atoms with Crippen molar-refractivity contribution in [2.45, 2.75) is 19.8 Å². The second kappa shape index (κ2) is 6.31. The van der Waals surface area contributed by atoms with E-state index < -0.39 is 0 Å². The van der Waals surface area contributed by atoms with E-state index in [2.05, 4.69) is 28.2 Å². The number of nitrogens with one attached hydrogen (secondary N) is 1. The van der Waals surface area contributed by atoms with Crippen LogP contribution in [-0.4, -0.2) is 36.1 Å². The number of anilines is 2. The summed E-state index contributed by atoms with van der Waals surface area (Å²) >= 11 is 0. The molecule has 0 bridgehead atoms. The molecule has 3 N–H and O–H groups in total. The fourth-order valence-corrected chi connectivity index (χ4v) is 3.12. The van der Waals surface area contributed by atoms with Crippen molar-refractivity contribution in [2.75, 3.05) is 37.2 Å². The molecule has 3 rings (SSSR count). The molecule has 1 unspecified atom stereocenters. The van der Waals surface area contributed by atoms with Crippen LogP contribution in [0.3, 0.4) is 0 Å². The van der Waals surface area contributed by atoms with E-state index in [0.717, 1.165) is 28.7 Å². The summed E-state index contributed by atoms with van der Waals surface area (Å²) in [6.07, 6.45) is 6.37. The van der Waals surface area contributed by atoms with Crippen molar-refractivity contribution >= 4 is 22.1 Å². The van der Waals surface area contributed by atoms with Gasteiger partial charge in [-0.3, -0.25) is 4.98 Å². The van der Waals surface area contributed by atoms with Crippen LogP contribution in [0.1, 0.15) is 19.8 Å². The molecule has 1 fully saturated rings. The van der Waals surface area contributed by atoms with Crippen molar-refractivity contribution in [3.63, 3.8) is 0 Å². The Hall–Kier alpha value is -1.81. The number of hydrogen-bond donors (Lipinski definition) is 2. The predicted octanol–water partition coefficient (Wildman–Crippen LogP) is 2.96. The summed E-state index contributed by atoms with van der Waals surface area (Å²) in [6, 6.07) is 6.05. The Balaban J connectivity index is 1.66. The maximum atomic E-state index is 6.02. The van der Waals surface area contributed by atoms with Crippen LogP contribution >= 0.6 is 0 Å². The number of nitrogen functional groups attached to an aromatic ring is 1. The van der Waals surface area contributed by atoms with E-state index in [9.17, 15) is 0 Å². The minimum absolute atomic E-state index is 0.637. The lowest BCUT2D eigenvalue weighted by Crippen LogP contribution is -2.28. The number of rotatable bonds is 5. The van der Waals surface area contributed by atoms with Crippen LogP contribution in [-0.2, 0) is 0 Å². The van der Waals surface area contributed by atoms with Gasteiger partial charge in [0.1, 0.15) is 0 Å². The molecule has 0 radical (unpaired) electrons. The van der Waals surface area contributed by atoms with E-state index in [-0.39, 0.29) is 0 Å². The van der Waals surface area contributed by atoms with Crippen LogP contribution in [0.2, 0.25) is 0 Å². The van der Waals surface area contributed by atoms with Crippen LogP contribution in [0.15, 0.2) is 30.6 Å². The highest BCUT2D eigenvalue weighted by Gasteiger charge is 2.14. The van der Waals surface area contributed by atoms with Gasteiger partial charge in [0, 0.05) is 47.6 Å². The lowest BCUT2D eigenvalue weighted by atomic mass is 10.1. The number of fused-ring (bicyclic) bond motifs is 1. The maximum Gasteiger partial charge on any atom is 0.0422 e. The molecule has 1 aliphatic heterocycles. The summed E-state index contributed by atoms with van der Waals surface area (Å²) in [6.45, 7) is 7.01. The molecule has 1 aliphatic rings. The summed E-state index contributed by atoms with van der Waals surface area (Å²) in [4.78, 5) is 6.73. The Bertz CT molecular complexity index is 605. The highest BCUT2D eigenvalue weighted by Crippen LogP contribution is 2.27. The van der Waals surface area contributed by atoms with Crippen molar-refractivity contribution in [2.24, 2.45) is 5.92 Å². The molecule has 0 spiro atoms. The first kappa shape index (κ1) is 14.1. The second-order valence-corrected chi connectivity index (χ2v) is 6.12. The van der Waals surface area contributed by atoms with E-state index in [1.807, 2.05) is 24.5 Å². The summed E-state index contributed by atoms with van der Waals surface area (Å²) < 4.78 is 0. The lowest BCUT2D eigenvalue weighted by molar-refractivity contribution is 0.294. The molecule has 2 aromatic rings. The molecule has 2 heterocycles. The number of aromatic nitrogens is 1. The smallest absolute Gasteiger partial charge is 0.0422 e. The van der Waals surface area contributed by atoms with Gasteiger partial charge in [-0.15, -0.1) is 0 Å². The van der Waals surface area contributed by atoms with Crippen molar-refractivity contribution in [3.05, 3.63) is 30.6 Å². The Morgan fingerprint density at radius 1 is 1.24 bits per heavy atom. The minimum Gasteiger partial charge on any atom is -0.398 e. The standard InChI is InChI=1S/C17H24N4/c1-13(12-21-8-2-3-9-21)10-20-17-5-4-16(18)15-11-19-7-6-14(15)17/h4-7,11,13,20H,2-3,8-10,12,18H2,1H3. The minimum atomic E-state index is 0.637. The van der Waals surface area contributed by atoms with Gasteiger partial charge >= 0.3 is 0 Å². The lowest BCUT2D eigenvalue weighted by Gasteiger charge is -2.21. The molecule has 1 atom stereocenters. The van der Waals surface area contributed by atoms with Crippen LogP contribution in [0, 0.1) is 5.92 Å². The molecule has 0 amide bonds. The highest BCUT2D eigenvalue weighted by molar-refractivity contribution is 6.00. The molecule has 1 aromatic heterocycles. The highest BCUT2D eigenvalue weighted by atomic mass is 15.1. The third kappa shape index (κ3) is 3.27. The van der Waals surface area contributed by atoms with Crippen LogP contribution in [0.5, 0.6) is 0 Å². The molecule has 1 aromatic carbocycles. The topological polar surface area (TPSA) is 54.2 Å². The summed E-state index contributed by atoms with van der Waals surface area (Å²) in [5.74, 6) is 0.637. The van der Waals surface area contributed by atoms with E-state index in [4.69, 9.17) is 5.73 Å². The molecule has 0 aliphatic carbocycles. The van der Waals surface area contributed by atoms with Gasteiger partial charge < -0.3 is 16.0 Å². The SMILES string of the molecule is CC(CNc1ccc(N)c2cnccc12)CN1CCCC1. The van der Waals surface area contributed by atoms with Crippen molar-refractivity contribution < 1.29 is 0 Å². The molecule has 0 saturated carbocycles. The van der Waals surface area contributed by atoms with Gasteiger partial charge in [-0.25, -0.2) is 0 Å². The summed E-state index contributed by atoms with van der Waals surface area (Å²) in [7, 11) is 0. The zero-order valence-electron chi connectivity index (χ0n) is 12.7. The molecular formula is C17H24N4. The summed E-state index contributed by atoms with van der Waals surface area (Å²) in [5, 5.41) is 5.75. The Morgan fingerprint density at radius 2 is 2.05 bits per heavy atom. The second-order valence-electron chi connectivity index (χ2n) is 6.12. The zero-order valence-corrected chi connectivity index (χ0v) is 12.7. The average molecular weight is 284 g/mol. The third-order valence-corrected chi connectivity index (χ3v) is 4.26. The number of pyridine rings is 1. The van der Waals surface area contributed by atoms with Crippen LogP contribution in [0.25, 0.3) is 10.8 Å². The summed E-state index contributed by atoms with van der Waals surface area (Å²) in [5.41, 5.74) is 7.95. The first-order chi connectivity index (χ1) is 10.2. The molecular weight excluding hydrogens is 260 g/mol. The van der Waals surface area contributed by atoms with Gasteiger partial charge in [-0.2, -0.15) is 0 Å². The van der Waals surface area contributed by atoms with Gasteiger partial charge in [0.05, 0.1) is 0 Å². The first-order valence-corrected chi connectivity index (χ1v) is 7.82. The molecule has 4 nitrogen and oxygen atoms in total. The normalized spacial score (nSPS) is 17.2. The third-order valence-electron chi connectivity index (χ3n) is 4.26. The molecule has 21 heavy (non-hydrogen) atoms. The van der Waals surface area contributed by atoms with E-state index in [1.165, 1.54) is 32.5 Å². The fraction of sp³-hybridized carbons (Fsp3) is 0.471. The van der Waals surface area contributed by atoms with Gasteiger partial charge in [-0.1, -0.05) is 6.92 Å². The number of likely N-dealkylation sites (tertiary alicyclic amines) is 1. The maximum absolute atomic E-state index is 6.02. The molecule has 112 valence electrons. The van der Waals surface area contributed by atoms with E-state index >= 15 is 0 Å². The number of benzene rings is 1. The Labute approximate surface area is 126 Å². The van der Waals surface area contributed by atoms with Gasteiger partial charge in [-0.05, 0) is 50.0 Å².